The lowest BCUT2D eigenvalue weighted by molar-refractivity contribution is 0.579. The SMILES string of the molecule is CNCC1CS(=O)(=O)c2c(C)ccc(C)c2N1. The third-order valence-electron chi connectivity index (χ3n) is 3.09. The summed E-state index contributed by atoms with van der Waals surface area (Å²) in [6.45, 7) is 4.42. The summed E-state index contributed by atoms with van der Waals surface area (Å²) >= 11 is 0. The van der Waals surface area contributed by atoms with Gasteiger partial charge in [-0.05, 0) is 32.0 Å². The van der Waals surface area contributed by atoms with E-state index in [1.54, 1.807) is 0 Å². The van der Waals surface area contributed by atoms with E-state index in [1.165, 1.54) is 0 Å². The molecule has 0 spiro atoms. The minimum absolute atomic E-state index is 0.0574. The highest BCUT2D eigenvalue weighted by atomic mass is 32.2. The van der Waals surface area contributed by atoms with Crippen molar-refractivity contribution in [2.24, 2.45) is 0 Å². The van der Waals surface area contributed by atoms with Crippen LogP contribution in [0.3, 0.4) is 0 Å². The van der Waals surface area contributed by atoms with Crippen LogP contribution in [0.5, 0.6) is 0 Å². The second kappa shape index (κ2) is 4.31. The van der Waals surface area contributed by atoms with E-state index in [0.717, 1.165) is 16.8 Å². The van der Waals surface area contributed by atoms with Crippen molar-refractivity contribution in [3.05, 3.63) is 23.3 Å². The van der Waals surface area contributed by atoms with Gasteiger partial charge >= 0.3 is 0 Å². The van der Waals surface area contributed by atoms with Crippen LogP contribution in [0.25, 0.3) is 0 Å². The van der Waals surface area contributed by atoms with Crippen LogP contribution in [0, 0.1) is 13.8 Å². The fourth-order valence-corrected chi connectivity index (χ4v) is 4.30. The van der Waals surface area contributed by atoms with Gasteiger partial charge in [0.15, 0.2) is 9.84 Å². The van der Waals surface area contributed by atoms with Crippen molar-refractivity contribution in [1.82, 2.24) is 5.32 Å². The predicted octanol–water partition coefficient (Wildman–Crippen LogP) is 1.09. The van der Waals surface area contributed by atoms with Crippen molar-refractivity contribution in [2.45, 2.75) is 24.8 Å². The molecule has 1 atom stereocenters. The third kappa shape index (κ3) is 2.17. The van der Waals surface area contributed by atoms with Gasteiger partial charge in [-0.25, -0.2) is 8.42 Å². The van der Waals surface area contributed by atoms with Crippen LogP contribution in [0.15, 0.2) is 17.0 Å². The van der Waals surface area contributed by atoms with E-state index < -0.39 is 9.84 Å². The van der Waals surface area contributed by atoms with Gasteiger partial charge in [-0.1, -0.05) is 12.1 Å². The molecule has 0 aliphatic carbocycles. The van der Waals surface area contributed by atoms with Crippen LogP contribution in [-0.4, -0.2) is 33.8 Å². The Bertz CT molecular complexity index is 538. The molecular formula is C12H18N2O2S. The summed E-state index contributed by atoms with van der Waals surface area (Å²) in [5.41, 5.74) is 2.58. The number of benzene rings is 1. The normalized spacial score (nSPS) is 21.7. The lowest BCUT2D eigenvalue weighted by Crippen LogP contribution is -2.41. The van der Waals surface area contributed by atoms with Crippen molar-refractivity contribution in [3.8, 4) is 0 Å². The van der Waals surface area contributed by atoms with E-state index in [2.05, 4.69) is 10.6 Å². The lowest BCUT2D eigenvalue weighted by atomic mass is 10.1. The molecule has 5 heteroatoms. The molecule has 0 radical (unpaired) electrons. The molecular weight excluding hydrogens is 236 g/mol. The highest BCUT2D eigenvalue weighted by molar-refractivity contribution is 7.91. The smallest absolute Gasteiger partial charge is 0.182 e. The van der Waals surface area contributed by atoms with Gasteiger partial charge in [0, 0.05) is 6.54 Å². The maximum Gasteiger partial charge on any atom is 0.182 e. The number of sulfone groups is 1. The molecule has 0 amide bonds. The molecule has 1 unspecified atom stereocenters. The minimum Gasteiger partial charge on any atom is -0.379 e. The zero-order valence-electron chi connectivity index (χ0n) is 10.4. The number of hydrogen-bond acceptors (Lipinski definition) is 4. The Labute approximate surface area is 102 Å². The quantitative estimate of drug-likeness (QED) is 0.829. The maximum atomic E-state index is 12.3. The van der Waals surface area contributed by atoms with Crippen molar-refractivity contribution in [2.75, 3.05) is 24.7 Å². The molecule has 1 aliphatic heterocycles. The average molecular weight is 254 g/mol. The standard InChI is InChI=1S/C12H18N2O2S/c1-8-4-5-9(2)12-11(8)14-10(6-13-3)7-17(12,15)16/h4-5,10,13-14H,6-7H2,1-3H3. The number of rotatable bonds is 2. The molecule has 94 valence electrons. The van der Waals surface area contributed by atoms with E-state index in [1.807, 2.05) is 33.0 Å². The van der Waals surface area contributed by atoms with E-state index in [9.17, 15) is 8.42 Å². The molecule has 1 aliphatic rings. The zero-order chi connectivity index (χ0) is 12.6. The first-order valence-corrected chi connectivity index (χ1v) is 7.35. The summed E-state index contributed by atoms with van der Waals surface area (Å²) in [5.74, 6) is 0.158. The number of likely N-dealkylation sites (N-methyl/N-ethyl adjacent to an activating group) is 1. The molecule has 0 saturated carbocycles. The van der Waals surface area contributed by atoms with Crippen LogP contribution in [0.2, 0.25) is 0 Å². The molecule has 1 aromatic rings. The van der Waals surface area contributed by atoms with Gasteiger partial charge in [0.2, 0.25) is 0 Å². The van der Waals surface area contributed by atoms with Gasteiger partial charge in [0.25, 0.3) is 0 Å². The van der Waals surface area contributed by atoms with Crippen molar-refractivity contribution < 1.29 is 8.42 Å². The number of anilines is 1. The van der Waals surface area contributed by atoms with Gasteiger partial charge in [-0.2, -0.15) is 0 Å². The molecule has 4 nitrogen and oxygen atoms in total. The van der Waals surface area contributed by atoms with Crippen molar-refractivity contribution in [3.63, 3.8) is 0 Å². The predicted molar refractivity (Wildman–Crippen MR) is 69.3 cm³/mol. The van der Waals surface area contributed by atoms with Gasteiger partial charge < -0.3 is 10.6 Å². The number of fused-ring (bicyclic) bond motifs is 1. The van der Waals surface area contributed by atoms with E-state index in [4.69, 9.17) is 0 Å². The first-order valence-electron chi connectivity index (χ1n) is 5.70. The first kappa shape index (κ1) is 12.4. The fraction of sp³-hybridized carbons (Fsp3) is 0.500. The second-order valence-electron chi connectivity index (χ2n) is 4.58. The summed E-state index contributed by atoms with van der Waals surface area (Å²) in [7, 11) is -1.34. The summed E-state index contributed by atoms with van der Waals surface area (Å²) in [5, 5.41) is 6.33. The molecule has 0 saturated heterocycles. The molecule has 1 heterocycles. The minimum atomic E-state index is -3.17. The third-order valence-corrected chi connectivity index (χ3v) is 5.08. The van der Waals surface area contributed by atoms with Crippen molar-refractivity contribution >= 4 is 15.5 Å². The monoisotopic (exact) mass is 254 g/mol. The molecule has 2 rings (SSSR count). The van der Waals surface area contributed by atoms with Crippen LogP contribution in [0.4, 0.5) is 5.69 Å². The number of nitrogens with one attached hydrogen (secondary N) is 2. The summed E-state index contributed by atoms with van der Waals surface area (Å²) in [4.78, 5) is 0.477. The lowest BCUT2D eigenvalue weighted by Gasteiger charge is -2.29. The molecule has 0 bridgehead atoms. The number of aryl methyl sites for hydroxylation is 2. The van der Waals surface area contributed by atoms with Crippen LogP contribution in [0.1, 0.15) is 11.1 Å². The highest BCUT2D eigenvalue weighted by Gasteiger charge is 2.31. The van der Waals surface area contributed by atoms with Gasteiger partial charge in [-0.3, -0.25) is 0 Å². The maximum absolute atomic E-state index is 12.3. The average Bonchev–Trinajstić information content (AvgIpc) is 2.22. The van der Waals surface area contributed by atoms with Gasteiger partial charge in [0.05, 0.1) is 22.4 Å². The Morgan fingerprint density at radius 3 is 2.65 bits per heavy atom. The van der Waals surface area contributed by atoms with Gasteiger partial charge in [-0.15, -0.1) is 0 Å². The first-order chi connectivity index (χ1) is 7.95. The number of hydrogen-bond donors (Lipinski definition) is 2. The Balaban J connectivity index is 2.56. The Morgan fingerprint density at radius 2 is 2.00 bits per heavy atom. The van der Waals surface area contributed by atoms with E-state index in [-0.39, 0.29) is 11.8 Å². The molecule has 2 N–H and O–H groups in total. The molecule has 0 fully saturated rings. The topological polar surface area (TPSA) is 58.2 Å². The van der Waals surface area contributed by atoms with Crippen LogP contribution >= 0.6 is 0 Å². The van der Waals surface area contributed by atoms with E-state index >= 15 is 0 Å². The fourth-order valence-electron chi connectivity index (χ4n) is 2.32. The second-order valence-corrected chi connectivity index (χ2v) is 6.55. The van der Waals surface area contributed by atoms with Crippen LogP contribution < -0.4 is 10.6 Å². The summed E-state index contributed by atoms with van der Waals surface area (Å²) < 4.78 is 24.5. The Morgan fingerprint density at radius 1 is 1.35 bits per heavy atom. The van der Waals surface area contributed by atoms with E-state index in [0.29, 0.717) is 11.4 Å². The largest absolute Gasteiger partial charge is 0.379 e. The summed E-state index contributed by atoms with van der Waals surface area (Å²) in [6, 6.07) is 3.77. The Kier molecular flexibility index (Phi) is 3.14. The molecule has 0 aromatic heterocycles. The Hall–Kier alpha value is -1.07. The molecule has 1 aromatic carbocycles. The highest BCUT2D eigenvalue weighted by Crippen LogP contribution is 2.33. The molecule has 17 heavy (non-hydrogen) atoms. The van der Waals surface area contributed by atoms with Crippen molar-refractivity contribution in [1.29, 1.82) is 0 Å². The summed E-state index contributed by atoms with van der Waals surface area (Å²) in [6.07, 6.45) is 0. The van der Waals surface area contributed by atoms with Crippen LogP contribution in [-0.2, 0) is 9.84 Å². The van der Waals surface area contributed by atoms with Gasteiger partial charge in [0.1, 0.15) is 0 Å². The zero-order valence-corrected chi connectivity index (χ0v) is 11.2.